The van der Waals surface area contributed by atoms with Gasteiger partial charge in [0.15, 0.2) is 0 Å². The fourth-order valence-electron chi connectivity index (χ4n) is 1.58. The number of aryl methyl sites for hydroxylation is 1. The van der Waals surface area contributed by atoms with Crippen molar-refractivity contribution in [3.8, 4) is 0 Å². The highest BCUT2D eigenvalue weighted by atomic mass is 14.9. The molecule has 1 heterocycles. The number of nitrogens with two attached hydrogens (primary N) is 1. The molecular formula is C13H23N3. The van der Waals surface area contributed by atoms with Crippen LogP contribution in [0.1, 0.15) is 57.2 Å². The molecule has 0 aliphatic carbocycles. The first-order valence-corrected chi connectivity index (χ1v) is 5.90. The molecule has 16 heavy (non-hydrogen) atoms. The van der Waals surface area contributed by atoms with Crippen LogP contribution >= 0.6 is 0 Å². The summed E-state index contributed by atoms with van der Waals surface area (Å²) in [4.78, 5) is 9.16. The van der Waals surface area contributed by atoms with Gasteiger partial charge in [-0.15, -0.1) is 0 Å². The number of rotatable bonds is 3. The molecule has 3 heteroatoms. The lowest BCUT2D eigenvalue weighted by atomic mass is 9.91. The Labute approximate surface area is 98.5 Å². The van der Waals surface area contributed by atoms with E-state index in [0.29, 0.717) is 12.5 Å². The zero-order chi connectivity index (χ0) is 12.3. The van der Waals surface area contributed by atoms with E-state index in [0.717, 1.165) is 23.6 Å². The summed E-state index contributed by atoms with van der Waals surface area (Å²) in [5, 5.41) is 0. The predicted octanol–water partition coefficient (Wildman–Crippen LogP) is 2.53. The SMILES string of the molecule is Cc1cc(C(C)(C)C)nc(C(C)CCN)n1. The maximum absolute atomic E-state index is 5.57. The molecule has 0 saturated carbocycles. The lowest BCUT2D eigenvalue weighted by molar-refractivity contribution is 0.549. The minimum atomic E-state index is 0.0743. The third-order valence-corrected chi connectivity index (χ3v) is 2.68. The molecule has 0 amide bonds. The molecule has 1 rings (SSSR count). The van der Waals surface area contributed by atoms with Crippen LogP contribution in [0.5, 0.6) is 0 Å². The standard InChI is InChI=1S/C13H23N3/c1-9(6-7-14)12-15-10(2)8-11(16-12)13(3,4)5/h8-9H,6-7,14H2,1-5H3. The maximum atomic E-state index is 5.57. The minimum absolute atomic E-state index is 0.0743. The number of hydrogen-bond acceptors (Lipinski definition) is 3. The zero-order valence-electron chi connectivity index (χ0n) is 11.0. The summed E-state index contributed by atoms with van der Waals surface area (Å²) in [5.41, 5.74) is 7.80. The van der Waals surface area contributed by atoms with Crippen LogP contribution < -0.4 is 5.73 Å². The Morgan fingerprint density at radius 3 is 2.44 bits per heavy atom. The predicted molar refractivity (Wildman–Crippen MR) is 67.6 cm³/mol. The monoisotopic (exact) mass is 221 g/mol. The van der Waals surface area contributed by atoms with Crippen molar-refractivity contribution in [3.63, 3.8) is 0 Å². The van der Waals surface area contributed by atoms with Crippen LogP contribution in [0.3, 0.4) is 0 Å². The average molecular weight is 221 g/mol. The second-order valence-electron chi connectivity index (χ2n) is 5.48. The molecule has 3 nitrogen and oxygen atoms in total. The van der Waals surface area contributed by atoms with Gasteiger partial charge in [0.05, 0.1) is 0 Å². The summed E-state index contributed by atoms with van der Waals surface area (Å²) in [6.07, 6.45) is 0.938. The van der Waals surface area contributed by atoms with Gasteiger partial charge in [0, 0.05) is 22.7 Å². The van der Waals surface area contributed by atoms with Gasteiger partial charge < -0.3 is 5.73 Å². The Balaban J connectivity index is 3.08. The highest BCUT2D eigenvalue weighted by Gasteiger charge is 2.18. The first-order chi connectivity index (χ1) is 7.34. The Hall–Kier alpha value is -0.960. The second kappa shape index (κ2) is 4.91. The van der Waals surface area contributed by atoms with E-state index in [9.17, 15) is 0 Å². The molecule has 0 aliphatic heterocycles. The summed E-state index contributed by atoms with van der Waals surface area (Å²) >= 11 is 0. The van der Waals surface area contributed by atoms with Gasteiger partial charge in [0.25, 0.3) is 0 Å². The highest BCUT2D eigenvalue weighted by molar-refractivity contribution is 5.18. The van der Waals surface area contributed by atoms with E-state index < -0.39 is 0 Å². The normalized spacial score (nSPS) is 13.9. The van der Waals surface area contributed by atoms with Crippen LogP contribution in [-0.2, 0) is 5.41 Å². The Morgan fingerprint density at radius 1 is 1.31 bits per heavy atom. The molecule has 90 valence electrons. The van der Waals surface area contributed by atoms with E-state index in [-0.39, 0.29) is 5.41 Å². The smallest absolute Gasteiger partial charge is 0.131 e. The van der Waals surface area contributed by atoms with Gasteiger partial charge in [-0.2, -0.15) is 0 Å². The summed E-state index contributed by atoms with van der Waals surface area (Å²) in [6.45, 7) is 11.4. The van der Waals surface area contributed by atoms with Crippen molar-refractivity contribution in [2.24, 2.45) is 5.73 Å². The van der Waals surface area contributed by atoms with Crippen LogP contribution in [0.2, 0.25) is 0 Å². The molecule has 0 fully saturated rings. The zero-order valence-corrected chi connectivity index (χ0v) is 11.0. The quantitative estimate of drug-likeness (QED) is 0.853. The fourth-order valence-corrected chi connectivity index (χ4v) is 1.58. The highest BCUT2D eigenvalue weighted by Crippen LogP contribution is 2.23. The molecule has 0 aliphatic rings. The van der Waals surface area contributed by atoms with Crippen molar-refractivity contribution in [1.82, 2.24) is 9.97 Å². The molecule has 0 spiro atoms. The van der Waals surface area contributed by atoms with Gasteiger partial charge in [0.1, 0.15) is 5.82 Å². The van der Waals surface area contributed by atoms with Gasteiger partial charge in [-0.05, 0) is 26.0 Å². The van der Waals surface area contributed by atoms with Crippen LogP contribution in [0.4, 0.5) is 0 Å². The molecule has 0 saturated heterocycles. The largest absolute Gasteiger partial charge is 0.330 e. The van der Waals surface area contributed by atoms with Gasteiger partial charge in [-0.3, -0.25) is 0 Å². The Morgan fingerprint density at radius 2 is 1.94 bits per heavy atom. The van der Waals surface area contributed by atoms with Gasteiger partial charge >= 0.3 is 0 Å². The summed E-state index contributed by atoms with van der Waals surface area (Å²) in [6, 6.07) is 2.07. The number of hydrogen-bond donors (Lipinski definition) is 1. The van der Waals surface area contributed by atoms with Crippen LogP contribution in [0, 0.1) is 6.92 Å². The molecule has 2 N–H and O–H groups in total. The van der Waals surface area contributed by atoms with Crippen molar-refractivity contribution in [2.75, 3.05) is 6.54 Å². The maximum Gasteiger partial charge on any atom is 0.131 e. The molecule has 1 unspecified atom stereocenters. The molecule has 1 aromatic rings. The Kier molecular flexibility index (Phi) is 4.03. The summed E-state index contributed by atoms with van der Waals surface area (Å²) in [7, 11) is 0. The van der Waals surface area contributed by atoms with Crippen LogP contribution in [0.25, 0.3) is 0 Å². The fraction of sp³-hybridized carbons (Fsp3) is 0.692. The van der Waals surface area contributed by atoms with Crippen molar-refractivity contribution in [2.45, 2.75) is 52.4 Å². The van der Waals surface area contributed by atoms with Crippen molar-refractivity contribution in [3.05, 3.63) is 23.3 Å². The topological polar surface area (TPSA) is 51.8 Å². The summed E-state index contributed by atoms with van der Waals surface area (Å²) < 4.78 is 0. The van der Waals surface area contributed by atoms with Gasteiger partial charge in [-0.1, -0.05) is 27.7 Å². The molecule has 0 bridgehead atoms. The molecule has 0 radical (unpaired) electrons. The first kappa shape index (κ1) is 13.1. The van der Waals surface area contributed by atoms with E-state index in [1.807, 2.05) is 6.92 Å². The van der Waals surface area contributed by atoms with E-state index in [1.165, 1.54) is 0 Å². The van der Waals surface area contributed by atoms with E-state index >= 15 is 0 Å². The van der Waals surface area contributed by atoms with Crippen LogP contribution in [0.15, 0.2) is 6.07 Å². The van der Waals surface area contributed by atoms with Crippen molar-refractivity contribution >= 4 is 0 Å². The third-order valence-electron chi connectivity index (χ3n) is 2.68. The number of nitrogens with zero attached hydrogens (tertiary/aromatic N) is 2. The van der Waals surface area contributed by atoms with E-state index in [4.69, 9.17) is 5.73 Å². The van der Waals surface area contributed by atoms with Gasteiger partial charge in [-0.25, -0.2) is 9.97 Å². The second-order valence-corrected chi connectivity index (χ2v) is 5.48. The average Bonchev–Trinajstić information content (AvgIpc) is 2.16. The third kappa shape index (κ3) is 3.27. The molecule has 1 aromatic heterocycles. The summed E-state index contributed by atoms with van der Waals surface area (Å²) in [5.74, 6) is 1.27. The Bertz CT molecular complexity index is 353. The van der Waals surface area contributed by atoms with Crippen molar-refractivity contribution < 1.29 is 0 Å². The molecule has 1 atom stereocenters. The van der Waals surface area contributed by atoms with E-state index in [2.05, 4.69) is 43.7 Å². The first-order valence-electron chi connectivity index (χ1n) is 5.90. The lowest BCUT2D eigenvalue weighted by Gasteiger charge is -2.20. The van der Waals surface area contributed by atoms with Crippen molar-refractivity contribution in [1.29, 1.82) is 0 Å². The van der Waals surface area contributed by atoms with E-state index in [1.54, 1.807) is 0 Å². The molecular weight excluding hydrogens is 198 g/mol. The number of aromatic nitrogens is 2. The van der Waals surface area contributed by atoms with Gasteiger partial charge in [0.2, 0.25) is 0 Å². The molecule has 0 aromatic carbocycles. The van der Waals surface area contributed by atoms with Crippen LogP contribution in [-0.4, -0.2) is 16.5 Å². The minimum Gasteiger partial charge on any atom is -0.330 e. The lowest BCUT2D eigenvalue weighted by Crippen LogP contribution is -2.17.